The lowest BCUT2D eigenvalue weighted by atomic mass is 10.3. The number of aromatic nitrogens is 8. The van der Waals surface area contributed by atoms with Crippen LogP contribution in [0.3, 0.4) is 0 Å². The number of benzene rings is 1. The Morgan fingerprint density at radius 1 is 1.14 bits per heavy atom. The summed E-state index contributed by atoms with van der Waals surface area (Å²) in [6, 6.07) is 9.64. The Morgan fingerprint density at radius 2 is 2.00 bits per heavy atom. The third-order valence-corrected chi connectivity index (χ3v) is 3.13. The van der Waals surface area contributed by atoms with Gasteiger partial charge in [-0.25, -0.2) is 9.67 Å². The molecule has 0 amide bonds. The van der Waals surface area contributed by atoms with Crippen LogP contribution in [0.1, 0.15) is 5.69 Å². The lowest BCUT2D eigenvalue weighted by Gasteiger charge is -2.09. The monoisotopic (exact) mass is 293 g/mol. The van der Waals surface area contributed by atoms with Crippen LogP contribution in [0.4, 0.5) is 11.5 Å². The average Bonchev–Trinajstić information content (AvgIpc) is 3.18. The van der Waals surface area contributed by atoms with Crippen LogP contribution in [0, 0.1) is 6.92 Å². The maximum Gasteiger partial charge on any atom is 0.254 e. The van der Waals surface area contributed by atoms with Crippen LogP contribution in [0.2, 0.25) is 0 Å². The zero-order chi connectivity index (χ0) is 14.9. The largest absolute Gasteiger partial charge is 0.340 e. The van der Waals surface area contributed by atoms with Crippen LogP contribution in [0.15, 0.2) is 43.0 Å². The van der Waals surface area contributed by atoms with Crippen molar-refractivity contribution in [3.8, 4) is 5.69 Å². The molecule has 108 valence electrons. The number of tetrazole rings is 1. The molecule has 0 saturated heterocycles. The fourth-order valence-electron chi connectivity index (χ4n) is 2.14. The molecule has 0 spiro atoms. The van der Waals surface area contributed by atoms with Gasteiger partial charge in [0.1, 0.15) is 18.5 Å². The summed E-state index contributed by atoms with van der Waals surface area (Å²) >= 11 is 0. The zero-order valence-corrected chi connectivity index (χ0v) is 11.6. The Balaban J connectivity index is 1.66. The van der Waals surface area contributed by atoms with Crippen LogP contribution in [0.25, 0.3) is 11.5 Å². The molecule has 0 aliphatic carbocycles. The Bertz CT molecular complexity index is 909. The molecule has 0 bridgehead atoms. The molecule has 9 nitrogen and oxygen atoms in total. The van der Waals surface area contributed by atoms with Gasteiger partial charge in [0.15, 0.2) is 0 Å². The summed E-state index contributed by atoms with van der Waals surface area (Å²) in [5.41, 5.74) is 2.67. The third kappa shape index (κ3) is 2.14. The van der Waals surface area contributed by atoms with Crippen molar-refractivity contribution >= 4 is 17.3 Å². The van der Waals surface area contributed by atoms with Gasteiger partial charge >= 0.3 is 0 Å². The molecule has 4 rings (SSSR count). The number of fused-ring (bicyclic) bond motifs is 1. The maximum absolute atomic E-state index is 4.31. The van der Waals surface area contributed by atoms with Crippen LogP contribution in [-0.2, 0) is 0 Å². The topological polar surface area (TPSA) is 98.7 Å². The second kappa shape index (κ2) is 4.88. The van der Waals surface area contributed by atoms with Gasteiger partial charge in [-0.3, -0.25) is 0 Å². The van der Waals surface area contributed by atoms with Crippen molar-refractivity contribution in [2.45, 2.75) is 6.92 Å². The van der Waals surface area contributed by atoms with Crippen molar-refractivity contribution in [1.82, 2.24) is 39.8 Å². The smallest absolute Gasteiger partial charge is 0.254 e. The Kier molecular flexibility index (Phi) is 2.75. The first-order valence-corrected chi connectivity index (χ1v) is 6.57. The fourth-order valence-corrected chi connectivity index (χ4v) is 2.14. The van der Waals surface area contributed by atoms with E-state index in [1.165, 1.54) is 6.33 Å². The number of nitrogens with one attached hydrogen (secondary N) is 1. The minimum Gasteiger partial charge on any atom is -0.340 e. The summed E-state index contributed by atoms with van der Waals surface area (Å²) in [5, 5.41) is 18.6. The molecule has 0 aliphatic heterocycles. The second-order valence-electron chi connectivity index (χ2n) is 4.68. The number of aryl methyl sites for hydroxylation is 1. The van der Waals surface area contributed by atoms with Crippen LogP contribution in [0.5, 0.6) is 0 Å². The van der Waals surface area contributed by atoms with E-state index in [4.69, 9.17) is 0 Å². The van der Waals surface area contributed by atoms with Gasteiger partial charge in [-0.15, -0.1) is 5.10 Å². The molecule has 22 heavy (non-hydrogen) atoms. The van der Waals surface area contributed by atoms with Crippen molar-refractivity contribution in [1.29, 1.82) is 0 Å². The molecule has 0 aliphatic rings. The van der Waals surface area contributed by atoms with Crippen molar-refractivity contribution < 1.29 is 0 Å². The van der Waals surface area contributed by atoms with E-state index in [0.717, 1.165) is 22.9 Å². The van der Waals surface area contributed by atoms with Gasteiger partial charge in [0.25, 0.3) is 5.78 Å². The molecule has 0 atom stereocenters. The van der Waals surface area contributed by atoms with Gasteiger partial charge in [-0.2, -0.15) is 14.6 Å². The summed E-state index contributed by atoms with van der Waals surface area (Å²) in [6.45, 7) is 1.92. The molecule has 0 fully saturated rings. The zero-order valence-electron chi connectivity index (χ0n) is 11.6. The lowest BCUT2D eigenvalue weighted by molar-refractivity contribution is 0.789. The van der Waals surface area contributed by atoms with Crippen molar-refractivity contribution in [3.05, 3.63) is 48.7 Å². The predicted octanol–water partition coefficient (Wildman–Crippen LogP) is 1.15. The molecule has 3 heterocycles. The Labute approximate surface area is 124 Å². The van der Waals surface area contributed by atoms with Gasteiger partial charge in [0.2, 0.25) is 0 Å². The Morgan fingerprint density at radius 3 is 2.77 bits per heavy atom. The molecular weight excluding hydrogens is 282 g/mol. The summed E-state index contributed by atoms with van der Waals surface area (Å²) in [7, 11) is 0. The van der Waals surface area contributed by atoms with Crippen molar-refractivity contribution in [2.75, 3.05) is 5.32 Å². The Hall–Kier alpha value is -3.36. The first kappa shape index (κ1) is 12.4. The number of anilines is 2. The summed E-state index contributed by atoms with van der Waals surface area (Å²) in [6.07, 6.45) is 3.03. The van der Waals surface area contributed by atoms with E-state index >= 15 is 0 Å². The minimum atomic E-state index is 0.563. The lowest BCUT2D eigenvalue weighted by Crippen LogP contribution is -2.03. The normalized spacial score (nSPS) is 11.0. The molecule has 1 aromatic carbocycles. The average molecular weight is 293 g/mol. The van der Waals surface area contributed by atoms with Crippen molar-refractivity contribution in [3.63, 3.8) is 0 Å². The van der Waals surface area contributed by atoms with E-state index in [9.17, 15) is 0 Å². The minimum absolute atomic E-state index is 0.563. The predicted molar refractivity (Wildman–Crippen MR) is 78.0 cm³/mol. The second-order valence-corrected chi connectivity index (χ2v) is 4.68. The molecule has 0 saturated carbocycles. The highest BCUT2D eigenvalue weighted by molar-refractivity contribution is 5.60. The molecule has 4 aromatic rings. The van der Waals surface area contributed by atoms with Gasteiger partial charge in [-0.05, 0) is 41.6 Å². The van der Waals surface area contributed by atoms with Crippen molar-refractivity contribution in [2.24, 2.45) is 0 Å². The quantitative estimate of drug-likeness (QED) is 0.605. The van der Waals surface area contributed by atoms with E-state index < -0.39 is 0 Å². The summed E-state index contributed by atoms with van der Waals surface area (Å²) < 4.78 is 3.25. The van der Waals surface area contributed by atoms with Gasteiger partial charge in [0.05, 0.1) is 5.69 Å². The van der Waals surface area contributed by atoms with E-state index in [1.54, 1.807) is 15.5 Å². The highest BCUT2D eigenvalue weighted by atomic mass is 15.5. The molecule has 1 N–H and O–H groups in total. The van der Waals surface area contributed by atoms with E-state index in [1.807, 2.05) is 37.3 Å². The summed E-state index contributed by atoms with van der Waals surface area (Å²) in [4.78, 5) is 8.41. The number of hydrogen-bond donors (Lipinski definition) is 1. The number of nitrogens with zero attached hydrogens (tertiary/aromatic N) is 8. The fraction of sp³-hybridized carbons (Fsp3) is 0.0769. The van der Waals surface area contributed by atoms with E-state index in [2.05, 4.69) is 35.9 Å². The molecule has 9 heteroatoms. The molecular formula is C13H11N9. The van der Waals surface area contributed by atoms with Crippen LogP contribution in [-0.4, -0.2) is 39.8 Å². The van der Waals surface area contributed by atoms with Gasteiger partial charge in [-0.1, -0.05) is 0 Å². The van der Waals surface area contributed by atoms with Crippen LogP contribution >= 0.6 is 0 Å². The SMILES string of the molecule is Cc1cc(Nc2ccc(-n3cnnn3)cc2)n2ncnc2n1. The third-order valence-electron chi connectivity index (χ3n) is 3.13. The first-order valence-electron chi connectivity index (χ1n) is 6.57. The maximum atomic E-state index is 4.31. The van der Waals surface area contributed by atoms with E-state index in [0.29, 0.717) is 5.78 Å². The number of rotatable bonds is 3. The highest BCUT2D eigenvalue weighted by Crippen LogP contribution is 2.18. The highest BCUT2D eigenvalue weighted by Gasteiger charge is 2.06. The van der Waals surface area contributed by atoms with Gasteiger partial charge < -0.3 is 5.32 Å². The molecule has 0 unspecified atom stereocenters. The van der Waals surface area contributed by atoms with E-state index in [-0.39, 0.29) is 0 Å². The first-order chi connectivity index (χ1) is 10.8. The van der Waals surface area contributed by atoms with Gasteiger partial charge in [0, 0.05) is 17.4 Å². The molecule has 3 aromatic heterocycles. The standard InChI is InChI=1S/C13H11N9/c1-9-6-12(22-13(17-9)14-7-16-22)18-10-2-4-11(5-3-10)21-8-15-19-20-21/h2-8,18H,1H3. The summed E-state index contributed by atoms with van der Waals surface area (Å²) in [5.74, 6) is 1.36. The van der Waals surface area contributed by atoms with Crippen LogP contribution < -0.4 is 5.32 Å². The molecule has 0 radical (unpaired) electrons. The number of hydrogen-bond acceptors (Lipinski definition) is 7.